The molecule has 3 N–H and O–H groups in total. The second-order valence-corrected chi connectivity index (χ2v) is 14.6. The van der Waals surface area contributed by atoms with Crippen LogP contribution in [0.15, 0.2) is 30.3 Å². The van der Waals surface area contributed by atoms with Gasteiger partial charge in [0.1, 0.15) is 6.04 Å². The summed E-state index contributed by atoms with van der Waals surface area (Å²) in [7, 11) is 0. The maximum absolute atomic E-state index is 13.9. The summed E-state index contributed by atoms with van der Waals surface area (Å²) in [6.45, 7) is 10.2. The Balaban J connectivity index is 1.66. The van der Waals surface area contributed by atoms with E-state index < -0.39 is 28.2 Å². The summed E-state index contributed by atoms with van der Waals surface area (Å²) in [6, 6.07) is 8.48. The molecule has 3 unspecified atom stereocenters. The number of likely N-dealkylation sites (tertiary alicyclic amines) is 1. The minimum Gasteiger partial charge on any atom is -0.395 e. The van der Waals surface area contributed by atoms with Gasteiger partial charge in [0.25, 0.3) is 0 Å². The number of β-amino-alcohol motifs (C(OH)–C–C–N with tert-alkyl or cyclic N) is 1. The topological polar surface area (TPSA) is 98.7 Å². The summed E-state index contributed by atoms with van der Waals surface area (Å²) in [4.78, 5) is 42.7. The molecule has 1 spiro atoms. The number of aliphatic hydroxyl groups is 1. The Morgan fingerprint density at radius 2 is 1.83 bits per heavy atom. The molecule has 0 aromatic heterocycles. The molecular formula is C26H36BrN3O4S. The van der Waals surface area contributed by atoms with Crippen molar-refractivity contribution in [3.63, 3.8) is 0 Å². The van der Waals surface area contributed by atoms with Gasteiger partial charge in [-0.1, -0.05) is 54.9 Å². The zero-order valence-corrected chi connectivity index (χ0v) is 23.4. The van der Waals surface area contributed by atoms with Crippen molar-refractivity contribution in [3.05, 3.63) is 30.3 Å². The summed E-state index contributed by atoms with van der Waals surface area (Å²) in [6.07, 6.45) is 1.38. The zero-order valence-electron chi connectivity index (χ0n) is 21.0. The van der Waals surface area contributed by atoms with Crippen LogP contribution in [0.3, 0.4) is 0 Å². The summed E-state index contributed by atoms with van der Waals surface area (Å²) in [5.74, 6) is -1.79. The average molecular weight is 567 g/mol. The molecule has 6 atom stereocenters. The van der Waals surface area contributed by atoms with Gasteiger partial charge in [-0.3, -0.25) is 14.4 Å². The monoisotopic (exact) mass is 565 g/mol. The van der Waals surface area contributed by atoms with E-state index in [1.54, 1.807) is 11.8 Å². The van der Waals surface area contributed by atoms with Crippen molar-refractivity contribution in [2.45, 2.75) is 73.9 Å². The number of anilines is 1. The molecule has 35 heavy (non-hydrogen) atoms. The van der Waals surface area contributed by atoms with Gasteiger partial charge in [0, 0.05) is 27.8 Å². The van der Waals surface area contributed by atoms with Gasteiger partial charge >= 0.3 is 0 Å². The fourth-order valence-corrected chi connectivity index (χ4v) is 10.2. The molecule has 1 aromatic rings. The number of amides is 3. The molecule has 9 heteroatoms. The first-order valence-corrected chi connectivity index (χ1v) is 14.0. The first-order chi connectivity index (χ1) is 16.3. The van der Waals surface area contributed by atoms with E-state index in [-0.39, 0.29) is 46.4 Å². The summed E-state index contributed by atoms with van der Waals surface area (Å²) < 4.78 is -0.717. The highest BCUT2D eigenvalue weighted by Crippen LogP contribution is 2.67. The third kappa shape index (κ3) is 4.88. The number of alkyl halides is 1. The van der Waals surface area contributed by atoms with Gasteiger partial charge in [-0.2, -0.15) is 0 Å². The van der Waals surface area contributed by atoms with Crippen molar-refractivity contribution in [3.8, 4) is 0 Å². The van der Waals surface area contributed by atoms with E-state index in [0.29, 0.717) is 12.1 Å². The van der Waals surface area contributed by atoms with Crippen LogP contribution in [0.4, 0.5) is 5.69 Å². The highest BCUT2D eigenvalue weighted by atomic mass is 79.9. The van der Waals surface area contributed by atoms with E-state index in [4.69, 9.17) is 0 Å². The van der Waals surface area contributed by atoms with Crippen LogP contribution in [0.2, 0.25) is 0 Å². The van der Waals surface area contributed by atoms with Crippen LogP contribution < -0.4 is 10.6 Å². The molecular weight excluding hydrogens is 530 g/mol. The quantitative estimate of drug-likeness (QED) is 0.440. The van der Waals surface area contributed by atoms with E-state index in [1.165, 1.54) is 4.90 Å². The lowest BCUT2D eigenvalue weighted by Crippen LogP contribution is -2.58. The number of nitrogens with zero attached hydrogens (tertiary/aromatic N) is 1. The highest BCUT2D eigenvalue weighted by Gasteiger charge is 2.75. The van der Waals surface area contributed by atoms with Gasteiger partial charge in [-0.25, -0.2) is 0 Å². The Morgan fingerprint density at radius 1 is 1.17 bits per heavy atom. The van der Waals surface area contributed by atoms with Gasteiger partial charge in [0.05, 0.1) is 23.2 Å². The minimum absolute atomic E-state index is 0.00929. The zero-order chi connectivity index (χ0) is 25.8. The number of hydrogen-bond acceptors (Lipinski definition) is 5. The number of rotatable bonds is 7. The van der Waals surface area contributed by atoms with Crippen LogP contribution in [0.1, 0.15) is 47.5 Å². The van der Waals surface area contributed by atoms with E-state index in [9.17, 15) is 19.5 Å². The smallest absolute Gasteiger partial charge is 0.244 e. The molecule has 0 radical (unpaired) electrons. The van der Waals surface area contributed by atoms with Gasteiger partial charge in [-0.05, 0) is 44.2 Å². The molecule has 3 fully saturated rings. The number of nitrogens with one attached hydrogen (secondary N) is 2. The molecule has 0 saturated carbocycles. The lowest BCUT2D eigenvalue weighted by molar-refractivity contribution is -0.139. The number of halogens is 1. The molecule has 0 aliphatic carbocycles. The van der Waals surface area contributed by atoms with E-state index >= 15 is 0 Å². The second kappa shape index (κ2) is 9.38. The molecule has 3 aliphatic heterocycles. The maximum Gasteiger partial charge on any atom is 0.244 e. The van der Waals surface area contributed by atoms with E-state index in [2.05, 4.69) is 47.3 Å². The molecule has 3 saturated heterocycles. The Hall–Kier alpha value is -1.58. The number of hydrogen-bond donors (Lipinski definition) is 3. The molecule has 3 aliphatic rings. The third-order valence-electron chi connectivity index (χ3n) is 7.16. The molecule has 7 nitrogen and oxygen atoms in total. The lowest BCUT2D eigenvalue weighted by Gasteiger charge is -2.39. The van der Waals surface area contributed by atoms with Crippen LogP contribution in [0.25, 0.3) is 0 Å². The Kier molecular flexibility index (Phi) is 7.10. The standard InChI is InChI=1S/C26H36BrN3O4S/c1-24(2,3)14-25(4,5)29-22(33)20-26-13-16(27)19(35-26)17(18(26)23(34)30(20)11-12-31)21(32)28-15-9-7-6-8-10-15/h6-10,16-20,31H,11-14H2,1-5H3,(H,28,32)(H,29,33)/t16?,17-,18-,19-,20?,26?/m0/s1. The van der Waals surface area contributed by atoms with Crippen LogP contribution >= 0.6 is 27.7 Å². The molecule has 4 rings (SSSR count). The van der Waals surface area contributed by atoms with Crippen molar-refractivity contribution >= 4 is 51.1 Å². The van der Waals surface area contributed by atoms with Gasteiger partial charge in [0.15, 0.2) is 0 Å². The number of aliphatic hydroxyl groups excluding tert-OH is 1. The maximum atomic E-state index is 13.9. The second-order valence-electron chi connectivity index (χ2n) is 11.9. The van der Waals surface area contributed by atoms with Crippen LogP contribution in [-0.2, 0) is 14.4 Å². The Bertz CT molecular complexity index is 998. The Morgan fingerprint density at radius 3 is 2.43 bits per heavy atom. The van der Waals surface area contributed by atoms with Crippen LogP contribution in [0.5, 0.6) is 0 Å². The predicted molar refractivity (Wildman–Crippen MR) is 142 cm³/mol. The fraction of sp³-hybridized carbons (Fsp3) is 0.654. The highest BCUT2D eigenvalue weighted by molar-refractivity contribution is 9.09. The molecule has 1 aromatic carbocycles. The van der Waals surface area contributed by atoms with Crippen LogP contribution in [-0.4, -0.2) is 67.3 Å². The van der Waals surface area contributed by atoms with Crippen molar-refractivity contribution < 1.29 is 19.5 Å². The van der Waals surface area contributed by atoms with Crippen molar-refractivity contribution in [2.24, 2.45) is 17.3 Å². The first-order valence-electron chi connectivity index (χ1n) is 12.2. The Labute approximate surface area is 220 Å². The summed E-state index contributed by atoms with van der Waals surface area (Å²) in [5, 5.41) is 15.8. The summed E-state index contributed by atoms with van der Waals surface area (Å²) in [5.41, 5.74) is 0.217. The number of para-hydroxylation sites is 1. The third-order valence-corrected chi connectivity index (χ3v) is 10.4. The van der Waals surface area contributed by atoms with Gasteiger partial charge in [-0.15, -0.1) is 11.8 Å². The fourth-order valence-electron chi connectivity index (χ4n) is 6.60. The van der Waals surface area contributed by atoms with E-state index in [0.717, 1.165) is 6.42 Å². The molecule has 3 heterocycles. The SMILES string of the molecule is CC(C)(C)CC(C)(C)NC(=O)C1N(CCO)C(=O)[C@@H]2[C@H](C(=O)Nc3ccccc3)[C@H]3SC12CC3Br. The largest absolute Gasteiger partial charge is 0.395 e. The number of carbonyl (C=O) groups excluding carboxylic acids is 3. The lowest BCUT2D eigenvalue weighted by atomic mass is 9.70. The number of fused-ring (bicyclic) bond motifs is 1. The van der Waals surface area contributed by atoms with Gasteiger partial charge in [0.2, 0.25) is 17.7 Å². The molecule has 2 bridgehead atoms. The van der Waals surface area contributed by atoms with Crippen molar-refractivity contribution in [1.82, 2.24) is 10.2 Å². The number of thioether (sulfide) groups is 1. The van der Waals surface area contributed by atoms with E-state index in [1.807, 2.05) is 44.2 Å². The minimum atomic E-state index is -0.740. The number of carbonyl (C=O) groups is 3. The normalized spacial score (nSPS) is 32.0. The predicted octanol–water partition coefficient (Wildman–Crippen LogP) is 3.41. The average Bonchev–Trinajstić information content (AvgIpc) is 3.30. The number of benzene rings is 1. The molecule has 3 amide bonds. The van der Waals surface area contributed by atoms with Crippen LogP contribution in [0, 0.1) is 17.3 Å². The van der Waals surface area contributed by atoms with Crippen molar-refractivity contribution in [1.29, 1.82) is 0 Å². The van der Waals surface area contributed by atoms with Gasteiger partial charge < -0.3 is 20.6 Å². The summed E-state index contributed by atoms with van der Waals surface area (Å²) >= 11 is 5.37. The first kappa shape index (κ1) is 26.5. The molecule has 192 valence electrons. The van der Waals surface area contributed by atoms with Crippen molar-refractivity contribution in [2.75, 3.05) is 18.5 Å².